The number of rotatable bonds is 3. The normalized spacial score (nSPS) is 9.35. The molecule has 1 aromatic rings. The van der Waals surface area contributed by atoms with E-state index in [0.29, 0.717) is 16.2 Å². The molecule has 7 heteroatoms. The molecule has 17 heavy (non-hydrogen) atoms. The number of pyridine rings is 1. The molecular formula is C10H10N5OS+. The number of nitrogens with one attached hydrogen (secondary N) is 1. The summed E-state index contributed by atoms with van der Waals surface area (Å²) in [5.41, 5.74) is 11.7. The second-order valence-corrected chi connectivity index (χ2v) is 4.21. The number of thioether (sulfide) groups is 1. The highest BCUT2D eigenvalue weighted by Gasteiger charge is 2.19. The number of nitrogens with zero attached hydrogens (tertiary/aromatic N) is 2. The van der Waals surface area contributed by atoms with E-state index in [9.17, 15) is 4.79 Å². The molecule has 6 nitrogen and oxygen atoms in total. The van der Waals surface area contributed by atoms with Gasteiger partial charge in [-0.1, -0.05) is 11.8 Å². The summed E-state index contributed by atoms with van der Waals surface area (Å²) >= 11 is 1.09. The van der Waals surface area contributed by atoms with Crippen molar-refractivity contribution in [2.75, 3.05) is 11.5 Å². The van der Waals surface area contributed by atoms with E-state index < -0.39 is 5.91 Å². The van der Waals surface area contributed by atoms with Gasteiger partial charge in [0.25, 0.3) is 5.82 Å². The average Bonchev–Trinajstić information content (AvgIpc) is 2.26. The Labute approximate surface area is 102 Å². The van der Waals surface area contributed by atoms with E-state index in [2.05, 4.69) is 4.98 Å². The van der Waals surface area contributed by atoms with Crippen LogP contribution in [-0.2, 0) is 4.79 Å². The lowest BCUT2D eigenvalue weighted by Gasteiger charge is -2.04. The zero-order valence-corrected chi connectivity index (χ0v) is 9.89. The number of primary amides is 1. The fraction of sp³-hybridized carbons (Fsp3) is 0.200. The van der Waals surface area contributed by atoms with Gasteiger partial charge in [0.2, 0.25) is 5.91 Å². The van der Waals surface area contributed by atoms with Gasteiger partial charge in [-0.15, -0.1) is 0 Å². The number of anilines is 1. The topological polar surface area (TPSA) is 131 Å². The molecule has 0 aliphatic rings. The third kappa shape index (κ3) is 2.65. The average molecular weight is 248 g/mol. The first-order chi connectivity index (χ1) is 8.01. The first-order valence-corrected chi connectivity index (χ1v) is 5.56. The number of aromatic nitrogens is 1. The van der Waals surface area contributed by atoms with E-state index in [1.54, 1.807) is 6.92 Å². The number of amides is 1. The molecule has 0 fully saturated rings. The fourth-order valence-corrected chi connectivity index (χ4v) is 2.09. The Bertz CT molecular complexity index is 555. The molecule has 0 atom stereocenters. The molecule has 5 N–H and O–H groups in total. The minimum atomic E-state index is -0.493. The highest BCUT2D eigenvalue weighted by atomic mass is 32.2. The van der Waals surface area contributed by atoms with Crippen LogP contribution >= 0.6 is 11.8 Å². The second kappa shape index (κ2) is 5.19. The summed E-state index contributed by atoms with van der Waals surface area (Å²) in [5, 5.41) is 18.4. The zero-order valence-electron chi connectivity index (χ0n) is 9.07. The third-order valence-corrected chi connectivity index (χ3v) is 3.10. The molecular weight excluding hydrogens is 238 g/mol. The summed E-state index contributed by atoms with van der Waals surface area (Å²) in [4.78, 5) is 13.4. The molecule has 0 aliphatic heterocycles. The van der Waals surface area contributed by atoms with Gasteiger partial charge in [0.1, 0.15) is 23.3 Å². The molecule has 0 aromatic carbocycles. The monoisotopic (exact) mass is 248 g/mol. The Morgan fingerprint density at radius 1 is 1.41 bits per heavy atom. The Morgan fingerprint density at radius 3 is 2.47 bits per heavy atom. The Balaban J connectivity index is 3.29. The molecule has 1 rings (SSSR count). The smallest absolute Gasteiger partial charge is 0.289 e. The van der Waals surface area contributed by atoms with Crippen molar-refractivity contribution in [1.82, 2.24) is 0 Å². The molecule has 0 spiro atoms. The van der Waals surface area contributed by atoms with Crippen LogP contribution < -0.4 is 16.5 Å². The largest absolute Gasteiger partial charge is 0.369 e. The van der Waals surface area contributed by atoms with Crippen molar-refractivity contribution in [3.8, 4) is 12.1 Å². The minimum Gasteiger partial charge on any atom is -0.369 e. The molecule has 0 radical (unpaired) electrons. The number of aromatic amines is 1. The number of hydrogen-bond acceptors (Lipinski definition) is 5. The van der Waals surface area contributed by atoms with E-state index in [1.807, 2.05) is 12.1 Å². The van der Waals surface area contributed by atoms with E-state index in [1.165, 1.54) is 0 Å². The first kappa shape index (κ1) is 12.8. The van der Waals surface area contributed by atoms with Gasteiger partial charge in [-0.25, -0.2) is 4.98 Å². The van der Waals surface area contributed by atoms with Gasteiger partial charge in [0.15, 0.2) is 5.03 Å². The summed E-state index contributed by atoms with van der Waals surface area (Å²) in [5.74, 6) is -0.278. The minimum absolute atomic E-state index is 0.0377. The number of nitrogens with two attached hydrogens (primary N) is 2. The van der Waals surface area contributed by atoms with Crippen LogP contribution in [0.15, 0.2) is 5.03 Å². The lowest BCUT2D eigenvalue weighted by molar-refractivity contribution is -0.410. The molecule has 86 valence electrons. The lowest BCUT2D eigenvalue weighted by Crippen LogP contribution is -2.21. The van der Waals surface area contributed by atoms with Crippen LogP contribution in [0.2, 0.25) is 0 Å². The Kier molecular flexibility index (Phi) is 3.91. The van der Waals surface area contributed by atoms with Crippen molar-refractivity contribution in [1.29, 1.82) is 10.5 Å². The quantitative estimate of drug-likeness (QED) is 0.710. The number of H-pyrrole nitrogens is 1. The van der Waals surface area contributed by atoms with Gasteiger partial charge in [-0.2, -0.15) is 10.5 Å². The molecule has 0 bridgehead atoms. The van der Waals surface area contributed by atoms with Gasteiger partial charge >= 0.3 is 0 Å². The van der Waals surface area contributed by atoms with Crippen molar-refractivity contribution in [3.63, 3.8) is 0 Å². The van der Waals surface area contributed by atoms with Crippen molar-refractivity contribution in [2.45, 2.75) is 11.9 Å². The highest BCUT2D eigenvalue weighted by Crippen LogP contribution is 2.24. The number of carbonyl (C=O) groups is 1. The van der Waals surface area contributed by atoms with Crippen LogP contribution in [0.5, 0.6) is 0 Å². The molecule has 1 aromatic heterocycles. The van der Waals surface area contributed by atoms with Gasteiger partial charge in [-0.3, -0.25) is 10.5 Å². The third-order valence-electron chi connectivity index (χ3n) is 2.08. The van der Waals surface area contributed by atoms with Gasteiger partial charge < -0.3 is 5.73 Å². The van der Waals surface area contributed by atoms with Crippen molar-refractivity contribution in [3.05, 3.63) is 16.7 Å². The Morgan fingerprint density at radius 2 is 2.00 bits per heavy atom. The molecule has 1 amide bonds. The highest BCUT2D eigenvalue weighted by molar-refractivity contribution is 7.99. The number of nitrogen functional groups attached to an aromatic ring is 1. The fourth-order valence-electron chi connectivity index (χ4n) is 1.27. The summed E-state index contributed by atoms with van der Waals surface area (Å²) in [6.45, 7) is 1.63. The number of carbonyl (C=O) groups excluding carboxylic acids is 1. The van der Waals surface area contributed by atoms with E-state index in [-0.39, 0.29) is 17.1 Å². The molecule has 0 aliphatic carbocycles. The Hall–Kier alpha value is -2.25. The van der Waals surface area contributed by atoms with Crippen LogP contribution in [0.4, 0.5) is 5.82 Å². The van der Waals surface area contributed by atoms with Crippen molar-refractivity contribution >= 4 is 23.5 Å². The number of nitriles is 2. The predicted octanol–water partition coefficient (Wildman–Crippen LogP) is -0.288. The standard InChI is InChI=1S/C10H9N5OS/c1-5-6(2-11)9(14)15-10(7(5)3-12)17-4-8(13)16/h4H2,1H3,(H2,13,16)(H2,14,15)/p+1. The summed E-state index contributed by atoms with van der Waals surface area (Å²) < 4.78 is 0. The number of hydrogen-bond donors (Lipinski definition) is 2. The molecule has 0 unspecified atom stereocenters. The van der Waals surface area contributed by atoms with Crippen LogP contribution in [0, 0.1) is 29.6 Å². The summed E-state index contributed by atoms with van der Waals surface area (Å²) in [6.07, 6.45) is 0. The molecule has 1 heterocycles. The first-order valence-electron chi connectivity index (χ1n) is 4.58. The SMILES string of the molecule is Cc1c(C#N)c(N)[nH+]c(SCC(N)=O)c1C#N. The van der Waals surface area contributed by atoms with E-state index >= 15 is 0 Å². The molecule has 0 saturated heterocycles. The summed E-state index contributed by atoms with van der Waals surface area (Å²) in [6, 6.07) is 3.90. The maximum Gasteiger partial charge on any atom is 0.289 e. The van der Waals surface area contributed by atoms with E-state index in [0.717, 1.165) is 11.8 Å². The second-order valence-electron chi connectivity index (χ2n) is 3.22. The van der Waals surface area contributed by atoms with Gasteiger partial charge in [0.05, 0.1) is 5.75 Å². The van der Waals surface area contributed by atoms with Crippen LogP contribution in [0.1, 0.15) is 16.7 Å². The maximum absolute atomic E-state index is 10.7. The van der Waals surface area contributed by atoms with Gasteiger partial charge in [0, 0.05) is 0 Å². The van der Waals surface area contributed by atoms with Crippen LogP contribution in [0.25, 0.3) is 0 Å². The van der Waals surface area contributed by atoms with Crippen molar-refractivity contribution < 1.29 is 9.78 Å². The van der Waals surface area contributed by atoms with Gasteiger partial charge in [-0.05, 0) is 12.5 Å². The van der Waals surface area contributed by atoms with Crippen LogP contribution in [0.3, 0.4) is 0 Å². The maximum atomic E-state index is 10.7. The van der Waals surface area contributed by atoms with E-state index in [4.69, 9.17) is 22.0 Å². The zero-order chi connectivity index (χ0) is 13.0. The molecule has 0 saturated carbocycles. The summed E-state index contributed by atoms with van der Waals surface area (Å²) in [7, 11) is 0. The lowest BCUT2D eigenvalue weighted by atomic mass is 10.1. The van der Waals surface area contributed by atoms with Crippen LogP contribution in [-0.4, -0.2) is 11.7 Å². The van der Waals surface area contributed by atoms with Crippen molar-refractivity contribution in [2.24, 2.45) is 5.73 Å². The predicted molar refractivity (Wildman–Crippen MR) is 61.5 cm³/mol.